The molecule has 0 rings (SSSR count). The maximum Gasteiger partial charge on any atom is 0.337 e. The van der Waals surface area contributed by atoms with E-state index in [2.05, 4.69) is 16.3 Å². The Balaban J connectivity index is 3.32. The lowest BCUT2D eigenvalue weighted by Crippen LogP contribution is -1.81. The molecule has 0 amide bonds. The van der Waals surface area contributed by atoms with Gasteiger partial charge in [0.1, 0.15) is 0 Å². The van der Waals surface area contributed by atoms with E-state index in [1.807, 2.05) is 10.7 Å². The van der Waals surface area contributed by atoms with Crippen molar-refractivity contribution >= 4 is 0 Å². The molecule has 0 heterocycles. The summed E-state index contributed by atoms with van der Waals surface area (Å²) in [6, 6.07) is 0. The summed E-state index contributed by atoms with van der Waals surface area (Å²) < 4.78 is 0. The summed E-state index contributed by atoms with van der Waals surface area (Å²) in [5.74, 6) is -0.546. The zero-order chi connectivity index (χ0) is 6.41. The summed E-state index contributed by atoms with van der Waals surface area (Å²) in [5.41, 5.74) is 0. The Bertz CT molecular complexity index is 98.6. The van der Waals surface area contributed by atoms with Gasteiger partial charge in [0.05, 0.1) is 0 Å². The van der Waals surface area contributed by atoms with Crippen molar-refractivity contribution in [1.82, 2.24) is 0 Å². The van der Waals surface area contributed by atoms with Crippen molar-refractivity contribution in [2.45, 2.75) is 0 Å². The van der Waals surface area contributed by atoms with Crippen molar-refractivity contribution in [1.29, 1.82) is 0 Å². The lowest BCUT2D eigenvalue weighted by atomic mass is 11.1. The third-order valence-corrected chi connectivity index (χ3v) is 0.278. The van der Waals surface area contributed by atoms with Crippen molar-refractivity contribution < 1.29 is 9.68 Å². The molecular weight excluding hydrogens is 116 g/mol. The number of hydrogen-bond acceptors (Lipinski definition) is 6. The van der Waals surface area contributed by atoms with Crippen molar-refractivity contribution in [3.8, 4) is 0 Å². The van der Waals surface area contributed by atoms with Gasteiger partial charge in [-0.05, 0) is 6.58 Å². The fraction of sp³-hybridized carbons (Fsp3) is 0. The van der Waals surface area contributed by atoms with Crippen LogP contribution in [-0.4, -0.2) is 0 Å². The second-order valence-corrected chi connectivity index (χ2v) is 0.704. The van der Waals surface area contributed by atoms with Crippen LogP contribution in [0.3, 0.4) is 0 Å². The molecule has 8 heavy (non-hydrogen) atoms. The van der Waals surface area contributed by atoms with Gasteiger partial charge in [-0.1, -0.05) is 0 Å². The first-order valence-electron chi connectivity index (χ1n) is 1.49. The highest BCUT2D eigenvalue weighted by Crippen LogP contribution is 1.94. The Labute approximate surface area is 43.9 Å². The van der Waals surface area contributed by atoms with Crippen LogP contribution in [0.2, 0.25) is 0 Å². The minimum Gasteiger partial charge on any atom is -0.282 e. The molecular formula is C2H2N2O4. The van der Waals surface area contributed by atoms with E-state index in [1.165, 1.54) is 0 Å². The first kappa shape index (κ1) is 6.54. The van der Waals surface area contributed by atoms with E-state index in [4.69, 9.17) is 9.81 Å². The highest BCUT2D eigenvalue weighted by atomic mass is 16.9. The highest BCUT2D eigenvalue weighted by molar-refractivity contribution is 4.63. The van der Waals surface area contributed by atoms with Crippen LogP contribution < -0.4 is 0 Å². The molecule has 44 valence electrons. The van der Waals surface area contributed by atoms with Gasteiger partial charge in [0.2, 0.25) is 0 Å². The maximum atomic E-state index is 9.13. The van der Waals surface area contributed by atoms with Crippen molar-refractivity contribution in [2.24, 2.45) is 10.7 Å². The van der Waals surface area contributed by atoms with Gasteiger partial charge in [0, 0.05) is 0 Å². The number of rotatable bonds is 4. The van der Waals surface area contributed by atoms with E-state index >= 15 is 0 Å². The van der Waals surface area contributed by atoms with Crippen molar-refractivity contribution in [2.75, 3.05) is 0 Å². The second kappa shape index (κ2) is 3.72. The van der Waals surface area contributed by atoms with Gasteiger partial charge in [0.15, 0.2) is 10.7 Å². The SMILES string of the molecule is C=C(ON=O)ON=O. The van der Waals surface area contributed by atoms with Crippen LogP contribution in [0, 0.1) is 9.81 Å². The van der Waals surface area contributed by atoms with Crippen LogP contribution >= 0.6 is 0 Å². The van der Waals surface area contributed by atoms with E-state index in [0.29, 0.717) is 0 Å². The highest BCUT2D eigenvalue weighted by Gasteiger charge is 1.91. The Morgan fingerprint density at radius 2 is 1.62 bits per heavy atom. The fourth-order valence-corrected chi connectivity index (χ4v) is 0.0998. The van der Waals surface area contributed by atoms with Gasteiger partial charge in [-0.2, -0.15) is 0 Å². The third kappa shape index (κ3) is 2.76. The van der Waals surface area contributed by atoms with Gasteiger partial charge in [-0.3, -0.25) is 9.68 Å². The van der Waals surface area contributed by atoms with Crippen LogP contribution in [0.5, 0.6) is 0 Å². The molecule has 0 unspecified atom stereocenters. The van der Waals surface area contributed by atoms with E-state index in [1.54, 1.807) is 0 Å². The Morgan fingerprint density at radius 3 is 1.88 bits per heavy atom. The van der Waals surface area contributed by atoms with Crippen LogP contribution in [0.4, 0.5) is 0 Å². The largest absolute Gasteiger partial charge is 0.337 e. The second-order valence-electron chi connectivity index (χ2n) is 0.704. The molecule has 0 fully saturated rings. The molecule has 0 spiro atoms. The summed E-state index contributed by atoms with van der Waals surface area (Å²) in [7, 11) is 0. The quantitative estimate of drug-likeness (QED) is 0.311. The Hall–Kier alpha value is -1.46. The number of hydrogen-bond donors (Lipinski definition) is 0. The molecule has 0 N–H and O–H groups in total. The smallest absolute Gasteiger partial charge is 0.282 e. The van der Waals surface area contributed by atoms with Crippen molar-refractivity contribution in [3.05, 3.63) is 22.3 Å². The Kier molecular flexibility index (Phi) is 3.04. The summed E-state index contributed by atoms with van der Waals surface area (Å²) in [6.45, 7) is 2.90. The molecule has 0 atom stereocenters. The first-order valence-corrected chi connectivity index (χ1v) is 1.49. The van der Waals surface area contributed by atoms with Crippen molar-refractivity contribution in [3.63, 3.8) is 0 Å². The normalized spacial score (nSPS) is 7.00. The summed E-state index contributed by atoms with van der Waals surface area (Å²) >= 11 is 0. The van der Waals surface area contributed by atoms with E-state index < -0.39 is 5.95 Å². The standard InChI is InChI=1S/C2H2N2O4/c1-2(7-3-5)8-4-6/h1H2. The zero-order valence-corrected chi connectivity index (χ0v) is 3.73. The Morgan fingerprint density at radius 1 is 1.25 bits per heavy atom. The van der Waals surface area contributed by atoms with Gasteiger partial charge < -0.3 is 0 Å². The average Bonchev–Trinajstić information content (AvgIpc) is 1.68. The number of nitrogens with zero attached hydrogens (tertiary/aromatic N) is 2. The van der Waals surface area contributed by atoms with Crippen LogP contribution in [0.1, 0.15) is 0 Å². The maximum absolute atomic E-state index is 9.13. The predicted octanol–water partition coefficient (Wildman–Crippen LogP) is 0.854. The lowest BCUT2D eigenvalue weighted by molar-refractivity contribution is 0.0389. The minimum absolute atomic E-state index is 0.546. The third-order valence-electron chi connectivity index (χ3n) is 0.278. The molecule has 0 aromatic carbocycles. The summed E-state index contributed by atoms with van der Waals surface area (Å²) in [5, 5.41) is 3.76. The molecule has 0 aliphatic carbocycles. The molecule has 0 aromatic rings. The van der Waals surface area contributed by atoms with Crippen LogP contribution in [0.25, 0.3) is 0 Å². The van der Waals surface area contributed by atoms with E-state index in [0.717, 1.165) is 0 Å². The molecule has 0 saturated carbocycles. The van der Waals surface area contributed by atoms with Gasteiger partial charge in [-0.15, -0.1) is 9.81 Å². The lowest BCUT2D eigenvalue weighted by Gasteiger charge is -1.88. The predicted molar refractivity (Wildman–Crippen MR) is 22.9 cm³/mol. The molecule has 6 heteroatoms. The van der Waals surface area contributed by atoms with Gasteiger partial charge in [0.25, 0.3) is 0 Å². The molecule has 0 radical (unpaired) electrons. The molecule has 0 aliphatic rings. The summed E-state index contributed by atoms with van der Waals surface area (Å²) in [4.78, 5) is 25.5. The molecule has 0 bridgehead atoms. The fourth-order valence-electron chi connectivity index (χ4n) is 0.0998. The monoisotopic (exact) mass is 118 g/mol. The van der Waals surface area contributed by atoms with Crippen LogP contribution in [0.15, 0.2) is 23.2 Å². The molecule has 0 aromatic heterocycles. The minimum atomic E-state index is -0.546. The topological polar surface area (TPSA) is 77.3 Å². The van der Waals surface area contributed by atoms with Gasteiger partial charge >= 0.3 is 5.95 Å². The van der Waals surface area contributed by atoms with Gasteiger partial charge in [-0.25, -0.2) is 0 Å². The average molecular weight is 118 g/mol. The molecule has 6 nitrogen and oxygen atoms in total. The van der Waals surface area contributed by atoms with E-state index in [-0.39, 0.29) is 0 Å². The zero-order valence-electron chi connectivity index (χ0n) is 3.73. The molecule has 0 saturated heterocycles. The van der Waals surface area contributed by atoms with E-state index in [9.17, 15) is 0 Å². The van der Waals surface area contributed by atoms with Crippen LogP contribution in [-0.2, 0) is 9.68 Å². The summed E-state index contributed by atoms with van der Waals surface area (Å²) in [6.07, 6.45) is 0. The first-order chi connectivity index (χ1) is 3.81. The molecule has 0 aliphatic heterocycles.